The Kier molecular flexibility index (Phi) is 8.14. The van der Waals surface area contributed by atoms with Crippen molar-refractivity contribution in [2.24, 2.45) is 7.05 Å². The molecule has 142 valence electrons. The smallest absolute Gasteiger partial charge is 0.293 e. The molecule has 0 bridgehead atoms. The summed E-state index contributed by atoms with van der Waals surface area (Å²) in [6.07, 6.45) is 3.15. The Balaban J connectivity index is 0.00000156. The van der Waals surface area contributed by atoms with Crippen molar-refractivity contribution < 1.29 is 9.53 Å². The van der Waals surface area contributed by atoms with E-state index >= 15 is 0 Å². The van der Waals surface area contributed by atoms with E-state index in [1.807, 2.05) is 16.7 Å². The number of rotatable bonds is 2. The lowest BCUT2D eigenvalue weighted by atomic mass is 10.1. The number of morpholine rings is 1. The molecule has 1 amide bonds. The van der Waals surface area contributed by atoms with Gasteiger partial charge in [-0.25, -0.2) is 4.98 Å². The zero-order chi connectivity index (χ0) is 16.4. The average molecular weight is 394 g/mol. The van der Waals surface area contributed by atoms with Crippen molar-refractivity contribution in [3.63, 3.8) is 0 Å². The summed E-state index contributed by atoms with van der Waals surface area (Å²) in [6.45, 7) is 5.65. The highest BCUT2D eigenvalue weighted by Crippen LogP contribution is 2.12. The maximum absolute atomic E-state index is 12.6. The highest BCUT2D eigenvalue weighted by atomic mass is 35.5. The number of nitrogens with one attached hydrogen (secondary N) is 1. The van der Waals surface area contributed by atoms with Crippen LogP contribution in [0.3, 0.4) is 0 Å². The lowest BCUT2D eigenvalue weighted by Gasteiger charge is -2.39. The van der Waals surface area contributed by atoms with E-state index in [4.69, 9.17) is 4.74 Å². The maximum atomic E-state index is 12.6. The van der Waals surface area contributed by atoms with Crippen LogP contribution in [0.15, 0.2) is 17.2 Å². The molecule has 2 fully saturated rings. The second-order valence-electron chi connectivity index (χ2n) is 5.99. The fourth-order valence-electron chi connectivity index (χ4n) is 3.05. The van der Waals surface area contributed by atoms with E-state index in [-0.39, 0.29) is 48.4 Å². The number of aromatic nitrogens is 2. The van der Waals surface area contributed by atoms with Crippen LogP contribution in [-0.2, 0) is 16.6 Å². The van der Waals surface area contributed by atoms with Crippen molar-refractivity contribution in [1.29, 1.82) is 0 Å². The van der Waals surface area contributed by atoms with Gasteiger partial charge in [-0.15, -0.1) is 24.8 Å². The standard InChI is InChI=1S/C15H23N5O3.2ClH/c1-11-12(16-4-10-23-11)14(21)20-8-6-19(7-9-20)13-15(22)18(2)5-3-17-13;;/h3,5,11-12,16H,4,6-10H2,1-2H3;2*1H/t11-,12+;;/m1../s1. The highest BCUT2D eigenvalue weighted by Gasteiger charge is 2.33. The number of hydrogen-bond acceptors (Lipinski definition) is 6. The van der Waals surface area contributed by atoms with Crippen molar-refractivity contribution in [3.8, 4) is 0 Å². The van der Waals surface area contributed by atoms with Gasteiger partial charge in [-0.1, -0.05) is 0 Å². The number of ether oxygens (including phenoxy) is 1. The van der Waals surface area contributed by atoms with Crippen molar-refractivity contribution in [2.75, 3.05) is 44.2 Å². The fourth-order valence-corrected chi connectivity index (χ4v) is 3.05. The second-order valence-corrected chi connectivity index (χ2v) is 5.99. The molecule has 0 spiro atoms. The Morgan fingerprint density at radius 3 is 2.60 bits per heavy atom. The number of hydrogen-bond donors (Lipinski definition) is 1. The molecule has 25 heavy (non-hydrogen) atoms. The van der Waals surface area contributed by atoms with Crippen LogP contribution in [0.1, 0.15) is 6.92 Å². The van der Waals surface area contributed by atoms with Gasteiger partial charge in [0, 0.05) is 52.2 Å². The minimum absolute atomic E-state index is 0. The number of anilines is 1. The third-order valence-electron chi connectivity index (χ3n) is 4.47. The van der Waals surface area contributed by atoms with Gasteiger partial charge in [0.05, 0.1) is 12.7 Å². The number of carbonyl (C=O) groups is 1. The molecule has 3 rings (SSSR count). The number of halogens is 2. The van der Waals surface area contributed by atoms with E-state index in [1.165, 1.54) is 4.57 Å². The summed E-state index contributed by atoms with van der Waals surface area (Å²) in [5.74, 6) is 0.528. The fraction of sp³-hybridized carbons (Fsp3) is 0.667. The summed E-state index contributed by atoms with van der Waals surface area (Å²) in [5, 5.41) is 3.23. The molecule has 0 aromatic carbocycles. The summed E-state index contributed by atoms with van der Waals surface area (Å²) in [6, 6.07) is -0.280. The van der Waals surface area contributed by atoms with E-state index < -0.39 is 0 Å². The van der Waals surface area contributed by atoms with Crippen LogP contribution < -0.4 is 15.8 Å². The molecule has 2 atom stereocenters. The van der Waals surface area contributed by atoms with Gasteiger partial charge in [-0.3, -0.25) is 9.59 Å². The molecule has 1 aromatic heterocycles. The summed E-state index contributed by atoms with van der Waals surface area (Å²) < 4.78 is 7.07. The van der Waals surface area contributed by atoms with Crippen LogP contribution in [0.5, 0.6) is 0 Å². The largest absolute Gasteiger partial charge is 0.375 e. The number of aryl methyl sites for hydroxylation is 1. The van der Waals surface area contributed by atoms with Crippen LogP contribution in [0.2, 0.25) is 0 Å². The third-order valence-corrected chi connectivity index (χ3v) is 4.47. The normalized spacial score (nSPS) is 23.4. The molecule has 0 radical (unpaired) electrons. The molecule has 10 heteroatoms. The van der Waals surface area contributed by atoms with E-state index in [0.717, 1.165) is 0 Å². The molecule has 0 saturated carbocycles. The first kappa shape index (κ1) is 21.7. The number of nitrogens with zero attached hydrogens (tertiary/aromatic N) is 4. The molecule has 2 aliphatic rings. The topological polar surface area (TPSA) is 79.7 Å². The zero-order valence-corrected chi connectivity index (χ0v) is 16.0. The van der Waals surface area contributed by atoms with Crippen LogP contribution in [0, 0.1) is 0 Å². The maximum Gasteiger partial charge on any atom is 0.293 e. The van der Waals surface area contributed by atoms with Crippen LogP contribution >= 0.6 is 24.8 Å². The number of carbonyl (C=O) groups excluding carboxylic acids is 1. The van der Waals surface area contributed by atoms with E-state index in [0.29, 0.717) is 45.1 Å². The monoisotopic (exact) mass is 393 g/mol. The van der Waals surface area contributed by atoms with Gasteiger partial charge in [-0.2, -0.15) is 0 Å². The molecule has 8 nitrogen and oxygen atoms in total. The molecular formula is C15H25Cl2N5O3. The van der Waals surface area contributed by atoms with Crippen molar-refractivity contribution in [1.82, 2.24) is 19.8 Å². The lowest BCUT2D eigenvalue weighted by molar-refractivity contribution is -0.139. The Morgan fingerprint density at radius 2 is 1.96 bits per heavy atom. The van der Waals surface area contributed by atoms with Crippen LogP contribution in [0.25, 0.3) is 0 Å². The summed E-state index contributed by atoms with van der Waals surface area (Å²) in [4.78, 5) is 32.7. The Labute approximate surface area is 159 Å². The summed E-state index contributed by atoms with van der Waals surface area (Å²) in [7, 11) is 1.71. The third kappa shape index (κ3) is 4.63. The van der Waals surface area contributed by atoms with Crippen LogP contribution in [-0.4, -0.2) is 71.8 Å². The van der Waals surface area contributed by atoms with Gasteiger partial charge >= 0.3 is 0 Å². The first-order valence-corrected chi connectivity index (χ1v) is 7.98. The molecule has 1 N–H and O–H groups in total. The van der Waals surface area contributed by atoms with E-state index in [2.05, 4.69) is 10.3 Å². The highest BCUT2D eigenvalue weighted by molar-refractivity contribution is 5.85. The minimum Gasteiger partial charge on any atom is -0.375 e. The van der Waals surface area contributed by atoms with Crippen molar-refractivity contribution in [2.45, 2.75) is 19.1 Å². The van der Waals surface area contributed by atoms with Crippen molar-refractivity contribution in [3.05, 3.63) is 22.7 Å². The summed E-state index contributed by atoms with van der Waals surface area (Å²) in [5.41, 5.74) is -0.108. The molecule has 0 aliphatic carbocycles. The Bertz CT molecular complexity index is 634. The lowest BCUT2D eigenvalue weighted by Crippen LogP contribution is -2.60. The SMILES string of the molecule is C[C@H]1OCCN[C@@H]1C(=O)N1CCN(c2nccn(C)c2=O)CC1.Cl.Cl. The zero-order valence-electron chi connectivity index (χ0n) is 14.4. The van der Waals surface area contributed by atoms with Gasteiger partial charge in [0.25, 0.3) is 5.56 Å². The predicted octanol–water partition coefficient (Wildman–Crippen LogP) is -0.351. The van der Waals surface area contributed by atoms with Gasteiger partial charge in [0.1, 0.15) is 6.04 Å². The molecule has 2 saturated heterocycles. The first-order valence-electron chi connectivity index (χ1n) is 7.98. The molecule has 3 heterocycles. The molecule has 0 unspecified atom stereocenters. The van der Waals surface area contributed by atoms with Gasteiger partial charge in [0.2, 0.25) is 5.91 Å². The first-order chi connectivity index (χ1) is 11.1. The van der Waals surface area contributed by atoms with E-state index in [9.17, 15) is 9.59 Å². The summed E-state index contributed by atoms with van der Waals surface area (Å²) >= 11 is 0. The molecular weight excluding hydrogens is 369 g/mol. The van der Waals surface area contributed by atoms with Crippen molar-refractivity contribution >= 4 is 36.5 Å². The second kappa shape index (κ2) is 9.38. The Morgan fingerprint density at radius 1 is 1.28 bits per heavy atom. The molecule has 2 aliphatic heterocycles. The minimum atomic E-state index is -0.280. The predicted molar refractivity (Wildman–Crippen MR) is 100.0 cm³/mol. The van der Waals surface area contributed by atoms with E-state index in [1.54, 1.807) is 19.4 Å². The quantitative estimate of drug-likeness (QED) is 0.739. The van der Waals surface area contributed by atoms with Gasteiger partial charge < -0.3 is 24.4 Å². The average Bonchev–Trinajstić information content (AvgIpc) is 2.57. The van der Waals surface area contributed by atoms with Gasteiger partial charge in [-0.05, 0) is 6.92 Å². The Hall–Kier alpha value is -1.35. The number of amides is 1. The molecule has 1 aromatic rings. The number of piperazine rings is 1. The van der Waals surface area contributed by atoms with Gasteiger partial charge in [0.15, 0.2) is 5.82 Å². The van der Waals surface area contributed by atoms with Crippen LogP contribution in [0.4, 0.5) is 5.82 Å².